The minimum Gasteiger partial charge on any atom is -0.465 e. The number of nitrogens with one attached hydrogen (secondary N) is 1. The van der Waals surface area contributed by atoms with E-state index in [1.165, 1.54) is 29.8 Å². The summed E-state index contributed by atoms with van der Waals surface area (Å²) in [6.07, 6.45) is 4.65. The van der Waals surface area contributed by atoms with Crippen LogP contribution in [0.25, 0.3) is 10.2 Å². The van der Waals surface area contributed by atoms with Gasteiger partial charge in [-0.25, -0.2) is 9.78 Å². The molecule has 6 nitrogen and oxygen atoms in total. The number of methoxy groups -OCH3 is 1. The Morgan fingerprint density at radius 3 is 2.87 bits per heavy atom. The lowest BCUT2D eigenvalue weighted by Crippen LogP contribution is -2.16. The number of rotatable bonds is 5. The van der Waals surface area contributed by atoms with Gasteiger partial charge in [0.1, 0.15) is 14.7 Å². The van der Waals surface area contributed by atoms with E-state index in [1.54, 1.807) is 0 Å². The Morgan fingerprint density at radius 1 is 1.33 bits per heavy atom. The second-order valence-electron chi connectivity index (χ2n) is 7.75. The molecule has 0 spiro atoms. The normalized spacial score (nSPS) is 15.8. The van der Waals surface area contributed by atoms with Crippen LogP contribution in [0.15, 0.2) is 12.1 Å². The summed E-state index contributed by atoms with van der Waals surface area (Å²) in [4.78, 5) is 32.6. The van der Waals surface area contributed by atoms with Crippen molar-refractivity contribution in [2.45, 2.75) is 46.0 Å². The summed E-state index contributed by atoms with van der Waals surface area (Å²) in [6, 6.07) is 3.89. The van der Waals surface area contributed by atoms with Gasteiger partial charge in [0, 0.05) is 16.0 Å². The molecule has 0 saturated heterocycles. The first-order valence-electron chi connectivity index (χ1n) is 10.1. The van der Waals surface area contributed by atoms with E-state index in [0.717, 1.165) is 58.5 Å². The van der Waals surface area contributed by atoms with Crippen LogP contribution in [0.5, 0.6) is 0 Å². The van der Waals surface area contributed by atoms with Gasteiger partial charge in [-0.15, -0.1) is 22.7 Å². The molecular weight excluding hydrogens is 418 g/mol. The number of nitrogens with zero attached hydrogens (tertiary/aromatic N) is 1. The van der Waals surface area contributed by atoms with Gasteiger partial charge in [0.15, 0.2) is 0 Å². The van der Waals surface area contributed by atoms with Crippen molar-refractivity contribution in [1.29, 1.82) is 0 Å². The van der Waals surface area contributed by atoms with E-state index in [1.807, 2.05) is 12.1 Å². The number of hydrogen-bond acceptors (Lipinski definition) is 7. The van der Waals surface area contributed by atoms with E-state index in [2.05, 4.69) is 24.1 Å². The maximum atomic E-state index is 13.1. The lowest BCUT2D eigenvalue weighted by molar-refractivity contribution is 0.0601. The number of nitrogen functional groups attached to an aromatic ring is 1. The molecule has 1 unspecified atom stereocenters. The Bertz CT molecular complexity index is 1130. The molecule has 0 fully saturated rings. The highest BCUT2D eigenvalue weighted by atomic mass is 32.1. The predicted octanol–water partition coefficient (Wildman–Crippen LogP) is 5.06. The minimum absolute atomic E-state index is 0.315. The standard InChI is InChI=1S/C22H25N3O3S2/c1-4-5-12-7-9-14-17(23)18(30-20(14)24-12)19(26)25-21-16(22(27)28-3)13-8-6-11(2)10-15(13)29-21/h7,9,11H,4-6,8,10,23H2,1-3H3,(H,25,26). The summed E-state index contributed by atoms with van der Waals surface area (Å²) >= 11 is 2.76. The molecule has 0 aliphatic heterocycles. The van der Waals surface area contributed by atoms with Crippen molar-refractivity contribution in [1.82, 2.24) is 4.98 Å². The molecule has 158 valence electrons. The first kappa shape index (κ1) is 20.8. The van der Waals surface area contributed by atoms with Crippen LogP contribution in [-0.2, 0) is 24.0 Å². The number of carbonyl (C=O) groups excluding carboxylic acids is 2. The van der Waals surface area contributed by atoms with E-state index in [9.17, 15) is 9.59 Å². The Kier molecular flexibility index (Phi) is 5.79. The van der Waals surface area contributed by atoms with Crippen molar-refractivity contribution in [3.63, 3.8) is 0 Å². The summed E-state index contributed by atoms with van der Waals surface area (Å²) < 4.78 is 5.01. The van der Waals surface area contributed by atoms with Gasteiger partial charge in [-0.3, -0.25) is 4.79 Å². The van der Waals surface area contributed by atoms with E-state index in [-0.39, 0.29) is 5.91 Å². The van der Waals surface area contributed by atoms with Gasteiger partial charge in [0.05, 0.1) is 18.4 Å². The molecule has 1 amide bonds. The summed E-state index contributed by atoms with van der Waals surface area (Å²) in [5.41, 5.74) is 9.20. The third-order valence-electron chi connectivity index (χ3n) is 5.49. The maximum Gasteiger partial charge on any atom is 0.341 e. The highest BCUT2D eigenvalue weighted by Crippen LogP contribution is 2.41. The molecule has 8 heteroatoms. The molecule has 1 aliphatic rings. The molecule has 30 heavy (non-hydrogen) atoms. The first-order valence-corrected chi connectivity index (χ1v) is 11.8. The highest BCUT2D eigenvalue weighted by molar-refractivity contribution is 7.21. The molecule has 0 aromatic carbocycles. The molecule has 3 aromatic heterocycles. The van der Waals surface area contributed by atoms with E-state index in [0.29, 0.717) is 27.0 Å². The lowest BCUT2D eigenvalue weighted by atomic mass is 9.88. The molecule has 3 heterocycles. The molecule has 3 N–H and O–H groups in total. The van der Waals surface area contributed by atoms with Gasteiger partial charge in [-0.2, -0.15) is 0 Å². The van der Waals surface area contributed by atoms with Crippen molar-refractivity contribution in [3.8, 4) is 0 Å². The number of nitrogens with two attached hydrogens (primary N) is 1. The fraction of sp³-hybridized carbons (Fsp3) is 0.409. The number of hydrogen-bond donors (Lipinski definition) is 2. The number of carbonyl (C=O) groups is 2. The van der Waals surface area contributed by atoms with Gasteiger partial charge in [0.2, 0.25) is 0 Å². The van der Waals surface area contributed by atoms with Gasteiger partial charge < -0.3 is 15.8 Å². The van der Waals surface area contributed by atoms with E-state index in [4.69, 9.17) is 10.5 Å². The first-order chi connectivity index (χ1) is 14.4. The molecule has 1 aliphatic carbocycles. The van der Waals surface area contributed by atoms with Crippen LogP contribution in [0.4, 0.5) is 10.7 Å². The zero-order valence-electron chi connectivity index (χ0n) is 17.3. The molecule has 3 aromatic rings. The number of ether oxygens (including phenoxy) is 1. The zero-order valence-corrected chi connectivity index (χ0v) is 19.0. The van der Waals surface area contributed by atoms with Gasteiger partial charge in [-0.05, 0) is 49.3 Å². The fourth-order valence-corrected chi connectivity index (χ4v) is 6.32. The number of thiophene rings is 2. The van der Waals surface area contributed by atoms with Crippen LogP contribution in [0.2, 0.25) is 0 Å². The van der Waals surface area contributed by atoms with Crippen molar-refractivity contribution in [2.75, 3.05) is 18.2 Å². The lowest BCUT2D eigenvalue weighted by Gasteiger charge is -2.18. The SMILES string of the molecule is CCCc1ccc2c(N)c(C(=O)Nc3sc4c(c3C(=O)OC)CCC(C)C4)sc2n1. The summed E-state index contributed by atoms with van der Waals surface area (Å²) in [5, 5.41) is 4.27. The Labute approximate surface area is 183 Å². The minimum atomic E-state index is -0.410. The molecule has 0 bridgehead atoms. The zero-order chi connectivity index (χ0) is 21.4. The Hall–Kier alpha value is -2.45. The summed E-state index contributed by atoms with van der Waals surface area (Å²) in [6.45, 7) is 4.31. The molecule has 0 saturated carbocycles. The molecular formula is C22H25N3O3S2. The van der Waals surface area contributed by atoms with E-state index < -0.39 is 5.97 Å². The van der Waals surface area contributed by atoms with Crippen LogP contribution in [0.1, 0.15) is 62.9 Å². The van der Waals surface area contributed by atoms with Crippen LogP contribution in [-0.4, -0.2) is 24.0 Å². The number of esters is 1. The van der Waals surface area contributed by atoms with Gasteiger partial charge in [0.25, 0.3) is 5.91 Å². The number of anilines is 2. The molecule has 1 atom stereocenters. The third kappa shape index (κ3) is 3.70. The van der Waals surface area contributed by atoms with Crippen molar-refractivity contribution in [3.05, 3.63) is 38.7 Å². The van der Waals surface area contributed by atoms with E-state index >= 15 is 0 Å². The number of aryl methyl sites for hydroxylation is 1. The van der Waals surface area contributed by atoms with Crippen LogP contribution >= 0.6 is 22.7 Å². The topological polar surface area (TPSA) is 94.3 Å². The highest BCUT2D eigenvalue weighted by Gasteiger charge is 2.29. The van der Waals surface area contributed by atoms with Gasteiger partial charge >= 0.3 is 5.97 Å². The summed E-state index contributed by atoms with van der Waals surface area (Å²) in [5.74, 6) is -0.163. The van der Waals surface area contributed by atoms with Crippen molar-refractivity contribution in [2.24, 2.45) is 5.92 Å². The average Bonchev–Trinajstić information content (AvgIpc) is 3.24. The summed E-state index contributed by atoms with van der Waals surface area (Å²) in [7, 11) is 1.37. The predicted molar refractivity (Wildman–Crippen MR) is 123 cm³/mol. The van der Waals surface area contributed by atoms with Crippen LogP contribution in [0, 0.1) is 5.92 Å². The van der Waals surface area contributed by atoms with Crippen LogP contribution in [0.3, 0.4) is 0 Å². The second-order valence-corrected chi connectivity index (χ2v) is 9.86. The number of amides is 1. The smallest absolute Gasteiger partial charge is 0.341 e. The van der Waals surface area contributed by atoms with Gasteiger partial charge in [-0.1, -0.05) is 20.3 Å². The fourth-order valence-electron chi connectivity index (χ4n) is 3.92. The largest absolute Gasteiger partial charge is 0.465 e. The number of aromatic nitrogens is 1. The monoisotopic (exact) mass is 443 g/mol. The maximum absolute atomic E-state index is 13.1. The molecule has 4 rings (SSSR count). The Balaban J connectivity index is 1.69. The third-order valence-corrected chi connectivity index (χ3v) is 7.78. The average molecular weight is 444 g/mol. The second kappa shape index (κ2) is 8.35. The van der Waals surface area contributed by atoms with Crippen molar-refractivity contribution < 1.29 is 14.3 Å². The number of fused-ring (bicyclic) bond motifs is 2. The quantitative estimate of drug-likeness (QED) is 0.538. The van der Waals surface area contributed by atoms with Crippen LogP contribution < -0.4 is 11.1 Å². The van der Waals surface area contributed by atoms with Crippen molar-refractivity contribution >= 4 is 55.5 Å². The molecule has 0 radical (unpaired) electrons. The Morgan fingerprint density at radius 2 is 2.13 bits per heavy atom. The number of pyridine rings is 1.